The van der Waals surface area contributed by atoms with E-state index in [1.807, 2.05) is 30.3 Å². The number of hydrogen-bond acceptors (Lipinski definition) is 5. The number of halogens is 3. The SMILES string of the molecule is COc1cccc(-c2cc(CC3(O)CCN(Cc4ccc(C(F)(F)F)cc4)CC3)on2)c1. The maximum absolute atomic E-state index is 12.7. The lowest BCUT2D eigenvalue weighted by Crippen LogP contribution is -2.45. The largest absolute Gasteiger partial charge is 0.497 e. The van der Waals surface area contributed by atoms with Crippen LogP contribution in [-0.2, 0) is 19.1 Å². The quantitative estimate of drug-likeness (QED) is 0.581. The van der Waals surface area contributed by atoms with Crippen molar-refractivity contribution in [1.82, 2.24) is 10.1 Å². The van der Waals surface area contributed by atoms with Crippen molar-refractivity contribution in [3.63, 3.8) is 0 Å². The third kappa shape index (κ3) is 5.31. The van der Waals surface area contributed by atoms with Crippen molar-refractivity contribution in [3.05, 3.63) is 71.5 Å². The number of alkyl halides is 3. The number of ether oxygens (including phenoxy) is 1. The second kappa shape index (κ2) is 8.96. The summed E-state index contributed by atoms with van der Waals surface area (Å²) in [6.07, 6.45) is -2.88. The molecular weight excluding hydrogens is 421 g/mol. The van der Waals surface area contributed by atoms with E-state index >= 15 is 0 Å². The third-order valence-electron chi connectivity index (χ3n) is 5.90. The molecule has 0 atom stereocenters. The van der Waals surface area contributed by atoms with Crippen molar-refractivity contribution in [2.24, 2.45) is 0 Å². The number of methoxy groups -OCH3 is 1. The number of hydrogen-bond donors (Lipinski definition) is 1. The zero-order valence-electron chi connectivity index (χ0n) is 17.7. The zero-order valence-corrected chi connectivity index (χ0v) is 17.7. The highest BCUT2D eigenvalue weighted by atomic mass is 19.4. The minimum absolute atomic E-state index is 0.359. The molecule has 2 heterocycles. The summed E-state index contributed by atoms with van der Waals surface area (Å²) in [6.45, 7) is 1.85. The molecule has 0 spiro atoms. The molecule has 170 valence electrons. The fourth-order valence-corrected chi connectivity index (χ4v) is 4.00. The van der Waals surface area contributed by atoms with Gasteiger partial charge in [0.05, 0.1) is 18.3 Å². The fourth-order valence-electron chi connectivity index (χ4n) is 4.00. The van der Waals surface area contributed by atoms with E-state index < -0.39 is 17.3 Å². The van der Waals surface area contributed by atoms with Gasteiger partial charge in [0.2, 0.25) is 0 Å². The molecule has 2 aromatic carbocycles. The Balaban J connectivity index is 1.33. The Morgan fingerprint density at radius 3 is 2.47 bits per heavy atom. The molecule has 4 rings (SSSR count). The molecule has 0 aliphatic carbocycles. The minimum Gasteiger partial charge on any atom is -0.497 e. The van der Waals surface area contributed by atoms with Gasteiger partial charge in [0.15, 0.2) is 0 Å². The summed E-state index contributed by atoms with van der Waals surface area (Å²) in [5.74, 6) is 1.34. The summed E-state index contributed by atoms with van der Waals surface area (Å²) in [7, 11) is 1.60. The molecular formula is C24H25F3N2O3. The molecule has 32 heavy (non-hydrogen) atoms. The molecule has 1 aliphatic rings. The Morgan fingerprint density at radius 2 is 1.81 bits per heavy atom. The second-order valence-corrected chi connectivity index (χ2v) is 8.28. The number of aliphatic hydroxyl groups is 1. The highest BCUT2D eigenvalue weighted by Crippen LogP contribution is 2.31. The van der Waals surface area contributed by atoms with Crippen LogP contribution in [0, 0.1) is 0 Å². The molecule has 1 fully saturated rings. The van der Waals surface area contributed by atoms with E-state index in [4.69, 9.17) is 9.26 Å². The van der Waals surface area contributed by atoms with Gasteiger partial charge in [-0.3, -0.25) is 4.90 Å². The van der Waals surface area contributed by atoms with Crippen molar-refractivity contribution in [2.45, 2.75) is 37.6 Å². The summed E-state index contributed by atoms with van der Waals surface area (Å²) in [4.78, 5) is 2.14. The van der Waals surface area contributed by atoms with Gasteiger partial charge in [0.25, 0.3) is 0 Å². The smallest absolute Gasteiger partial charge is 0.416 e. The molecule has 1 aromatic heterocycles. The maximum Gasteiger partial charge on any atom is 0.416 e. The van der Waals surface area contributed by atoms with Crippen LogP contribution in [0.5, 0.6) is 5.75 Å². The number of piperidine rings is 1. The maximum atomic E-state index is 12.7. The van der Waals surface area contributed by atoms with Crippen LogP contribution in [0.2, 0.25) is 0 Å². The van der Waals surface area contributed by atoms with Crippen LogP contribution in [0.25, 0.3) is 11.3 Å². The average molecular weight is 446 g/mol. The van der Waals surface area contributed by atoms with E-state index in [0.717, 1.165) is 29.0 Å². The molecule has 5 nitrogen and oxygen atoms in total. The summed E-state index contributed by atoms with van der Waals surface area (Å²) in [6, 6.07) is 14.6. The van der Waals surface area contributed by atoms with Crippen molar-refractivity contribution in [1.29, 1.82) is 0 Å². The van der Waals surface area contributed by atoms with E-state index in [1.165, 1.54) is 12.1 Å². The molecule has 3 aromatic rings. The highest BCUT2D eigenvalue weighted by Gasteiger charge is 2.34. The van der Waals surface area contributed by atoms with Crippen molar-refractivity contribution in [2.75, 3.05) is 20.2 Å². The van der Waals surface area contributed by atoms with E-state index in [2.05, 4.69) is 10.1 Å². The lowest BCUT2D eigenvalue weighted by atomic mass is 9.87. The van der Waals surface area contributed by atoms with E-state index in [1.54, 1.807) is 7.11 Å². The van der Waals surface area contributed by atoms with Crippen molar-refractivity contribution in [3.8, 4) is 17.0 Å². The van der Waals surface area contributed by atoms with Gasteiger partial charge in [-0.1, -0.05) is 29.4 Å². The first kappa shape index (κ1) is 22.4. The molecule has 0 amide bonds. The molecule has 1 aliphatic heterocycles. The van der Waals surface area contributed by atoms with Crippen LogP contribution in [0.1, 0.15) is 29.7 Å². The summed E-state index contributed by atoms with van der Waals surface area (Å²) in [5, 5.41) is 15.2. The Labute approximate surface area is 184 Å². The molecule has 0 radical (unpaired) electrons. The predicted molar refractivity (Wildman–Crippen MR) is 113 cm³/mol. The van der Waals surface area contributed by atoms with Crippen LogP contribution in [0.4, 0.5) is 13.2 Å². The summed E-state index contributed by atoms with van der Waals surface area (Å²) >= 11 is 0. The van der Waals surface area contributed by atoms with Gasteiger partial charge in [-0.2, -0.15) is 13.2 Å². The van der Waals surface area contributed by atoms with Crippen LogP contribution in [0.15, 0.2) is 59.1 Å². The number of nitrogens with zero attached hydrogens (tertiary/aromatic N) is 2. The van der Waals surface area contributed by atoms with Crippen LogP contribution < -0.4 is 4.74 Å². The molecule has 8 heteroatoms. The van der Waals surface area contributed by atoms with Gasteiger partial charge in [0, 0.05) is 37.7 Å². The van der Waals surface area contributed by atoms with E-state index in [-0.39, 0.29) is 0 Å². The standard InChI is InChI=1S/C24H25F3N2O3/c1-31-20-4-2-3-18(13-20)22-14-21(32-28-22)15-23(30)9-11-29(12-10-23)16-17-5-7-19(8-6-17)24(25,26)27/h2-8,13-14,30H,9-12,15-16H2,1H3. The predicted octanol–water partition coefficient (Wildman–Crippen LogP) is 4.94. The van der Waals surface area contributed by atoms with Crippen LogP contribution in [0.3, 0.4) is 0 Å². The van der Waals surface area contributed by atoms with Gasteiger partial charge in [0.1, 0.15) is 17.2 Å². The first-order chi connectivity index (χ1) is 15.2. The van der Waals surface area contributed by atoms with Gasteiger partial charge in [-0.05, 0) is 42.7 Å². The first-order valence-corrected chi connectivity index (χ1v) is 10.4. The molecule has 0 bridgehead atoms. The molecule has 1 saturated heterocycles. The van der Waals surface area contributed by atoms with Gasteiger partial charge < -0.3 is 14.4 Å². The average Bonchev–Trinajstić information content (AvgIpc) is 3.23. The van der Waals surface area contributed by atoms with Crippen molar-refractivity contribution < 1.29 is 27.5 Å². The Morgan fingerprint density at radius 1 is 1.09 bits per heavy atom. The fraction of sp³-hybridized carbons (Fsp3) is 0.375. The number of likely N-dealkylation sites (tertiary alicyclic amines) is 1. The molecule has 0 saturated carbocycles. The topological polar surface area (TPSA) is 58.7 Å². The highest BCUT2D eigenvalue weighted by molar-refractivity contribution is 5.60. The lowest BCUT2D eigenvalue weighted by Gasteiger charge is -2.37. The first-order valence-electron chi connectivity index (χ1n) is 10.4. The van der Waals surface area contributed by atoms with E-state index in [9.17, 15) is 18.3 Å². The van der Waals surface area contributed by atoms with Crippen LogP contribution in [-0.4, -0.2) is 41.0 Å². The second-order valence-electron chi connectivity index (χ2n) is 8.28. The monoisotopic (exact) mass is 446 g/mol. The van der Waals surface area contributed by atoms with E-state index in [0.29, 0.717) is 50.4 Å². The van der Waals surface area contributed by atoms with Crippen LogP contribution >= 0.6 is 0 Å². The number of rotatable bonds is 6. The number of aromatic nitrogens is 1. The Kier molecular flexibility index (Phi) is 6.26. The summed E-state index contributed by atoms with van der Waals surface area (Å²) < 4.78 is 48.9. The summed E-state index contributed by atoms with van der Waals surface area (Å²) in [5.41, 5.74) is 0.832. The molecule has 0 unspecified atom stereocenters. The normalized spacial score (nSPS) is 16.8. The minimum atomic E-state index is -4.33. The Hall–Kier alpha value is -2.84. The van der Waals surface area contributed by atoms with Gasteiger partial charge in [-0.25, -0.2) is 0 Å². The third-order valence-corrected chi connectivity index (χ3v) is 5.90. The number of benzene rings is 2. The lowest BCUT2D eigenvalue weighted by molar-refractivity contribution is -0.137. The molecule has 1 N–H and O–H groups in total. The zero-order chi connectivity index (χ0) is 22.8. The Bertz CT molecular complexity index is 1040. The van der Waals surface area contributed by atoms with Gasteiger partial charge in [-0.15, -0.1) is 0 Å². The van der Waals surface area contributed by atoms with Crippen molar-refractivity contribution >= 4 is 0 Å². The van der Waals surface area contributed by atoms with Gasteiger partial charge >= 0.3 is 6.18 Å².